The molecule has 398 valence electrons. The van der Waals surface area contributed by atoms with E-state index in [0.717, 1.165) is 39.6 Å². The van der Waals surface area contributed by atoms with Gasteiger partial charge in [-0.25, -0.2) is 0 Å². The van der Waals surface area contributed by atoms with Crippen LogP contribution in [0.25, 0.3) is 77.5 Å². The highest BCUT2D eigenvalue weighted by Crippen LogP contribution is 2.60. The predicted molar refractivity (Wildman–Crippen MR) is 352 cm³/mol. The first-order valence-corrected chi connectivity index (χ1v) is 29.5. The fraction of sp³-hybridized carbons (Fsp3) is 0.0244. The van der Waals surface area contributed by atoms with Crippen molar-refractivity contribution in [2.75, 3.05) is 4.90 Å². The number of hydrogen-bond donors (Lipinski definition) is 0. The van der Waals surface area contributed by atoms with Crippen LogP contribution < -0.4 is 4.90 Å². The maximum Gasteiger partial charge on any atom is 0.0714 e. The topological polar surface area (TPSA) is 13.1 Å². The minimum Gasteiger partial charge on any atom is -0.316 e. The lowest BCUT2D eigenvalue weighted by Crippen LogP contribution is -2.29. The van der Waals surface area contributed by atoms with E-state index >= 15 is 0 Å². The number of para-hydroxylation sites is 2. The molecule has 2 aromatic heterocycles. The molecule has 2 aliphatic rings. The molecule has 0 aliphatic heterocycles. The molecule has 0 saturated carbocycles. The van der Waals surface area contributed by atoms with Gasteiger partial charge in [0, 0.05) is 50.8 Å². The molecule has 15 aromatic rings. The van der Waals surface area contributed by atoms with Crippen LogP contribution >= 0.6 is 0 Å². The molecule has 85 heavy (non-hydrogen) atoms. The van der Waals surface area contributed by atoms with Gasteiger partial charge in [0.05, 0.1) is 27.4 Å². The summed E-state index contributed by atoms with van der Waals surface area (Å²) in [4.78, 5) is 2.50. The summed E-state index contributed by atoms with van der Waals surface area (Å²) in [6.07, 6.45) is 2.19. The molecule has 0 atom stereocenters. The second kappa shape index (κ2) is 19.3. The van der Waals surface area contributed by atoms with E-state index in [9.17, 15) is 0 Å². The highest BCUT2D eigenvalue weighted by atomic mass is 15.1. The van der Waals surface area contributed by atoms with Crippen LogP contribution in [0.15, 0.2) is 334 Å². The fourth-order valence-electron chi connectivity index (χ4n) is 14.9. The van der Waals surface area contributed by atoms with Crippen molar-refractivity contribution in [3.63, 3.8) is 0 Å². The van der Waals surface area contributed by atoms with Crippen LogP contribution in [0.1, 0.15) is 44.5 Å². The molecule has 0 unspecified atom stereocenters. The third kappa shape index (κ3) is 7.27. The van der Waals surface area contributed by atoms with E-state index in [-0.39, 0.29) is 0 Å². The minimum atomic E-state index is -0.574. The van der Waals surface area contributed by atoms with Gasteiger partial charge in [0.2, 0.25) is 0 Å². The molecule has 3 heteroatoms. The zero-order valence-corrected chi connectivity index (χ0v) is 46.6. The van der Waals surface area contributed by atoms with Crippen molar-refractivity contribution in [1.29, 1.82) is 0 Å². The lowest BCUT2D eigenvalue weighted by atomic mass is 9.67. The van der Waals surface area contributed by atoms with E-state index in [1.54, 1.807) is 0 Å². The van der Waals surface area contributed by atoms with Crippen LogP contribution in [-0.2, 0) is 10.8 Å². The van der Waals surface area contributed by atoms with E-state index in [1.807, 2.05) is 0 Å². The van der Waals surface area contributed by atoms with Gasteiger partial charge in [-0.1, -0.05) is 237 Å². The number of fused-ring (bicyclic) bond motifs is 10. The average molecular weight is 1080 g/mol. The lowest BCUT2D eigenvalue weighted by Gasteiger charge is -2.36. The predicted octanol–water partition coefficient (Wildman–Crippen LogP) is 20.6. The second-order valence-corrected chi connectivity index (χ2v) is 22.7. The SMILES string of the molecule is c1ccc(-n2ccc3cc4c5cc(-c6ccc(N(c7ccc8c(c7)C(c7ccccc7)(c7ccccc7)c7ccccc7-8)c7ccc8c(c7)C(c7ccccc7)(c7ccccc7)c7ccccc7-8)cc6)ccc5n(-c5ccccc5)c4cc32)cc1. The molecule has 2 heterocycles. The van der Waals surface area contributed by atoms with Gasteiger partial charge in [0.25, 0.3) is 0 Å². The Labute approximate surface area is 494 Å². The summed E-state index contributed by atoms with van der Waals surface area (Å²) < 4.78 is 4.73. The zero-order valence-electron chi connectivity index (χ0n) is 46.6. The molecule has 2 aliphatic carbocycles. The van der Waals surface area contributed by atoms with Crippen LogP contribution in [0, 0.1) is 0 Å². The van der Waals surface area contributed by atoms with Crippen molar-refractivity contribution in [1.82, 2.24) is 9.13 Å². The summed E-state index contributed by atoms with van der Waals surface area (Å²) in [6.45, 7) is 0. The van der Waals surface area contributed by atoms with Crippen molar-refractivity contribution >= 4 is 49.8 Å². The Balaban J connectivity index is 0.871. The van der Waals surface area contributed by atoms with Gasteiger partial charge < -0.3 is 14.0 Å². The first-order chi connectivity index (χ1) is 42.2. The quantitative estimate of drug-likeness (QED) is 0.133. The van der Waals surface area contributed by atoms with Crippen molar-refractivity contribution in [3.8, 4) is 44.8 Å². The number of anilines is 3. The van der Waals surface area contributed by atoms with Gasteiger partial charge in [0.1, 0.15) is 0 Å². The molecule has 3 nitrogen and oxygen atoms in total. The maximum absolute atomic E-state index is 2.50. The van der Waals surface area contributed by atoms with Gasteiger partial charge in [-0.05, 0) is 169 Å². The van der Waals surface area contributed by atoms with Crippen molar-refractivity contribution in [2.24, 2.45) is 0 Å². The third-order valence-electron chi connectivity index (χ3n) is 18.5. The molecule has 0 fully saturated rings. The third-order valence-corrected chi connectivity index (χ3v) is 18.5. The second-order valence-electron chi connectivity index (χ2n) is 22.7. The van der Waals surface area contributed by atoms with Crippen LogP contribution in [0.5, 0.6) is 0 Å². The Morgan fingerprint density at radius 2 is 0.671 bits per heavy atom. The standard InChI is InChI=1S/C82H55N3/c1-7-23-59(24-8-1)81(60-25-9-2-10-26-60)74-37-21-19-35-68(74)70-46-44-66(53-76(70)81)84(67-45-47-71-69-36-20-22-38-75(69)82(77(71)54-67,61-27-11-3-12-28-61)62-29-13-4-14-30-62)65-42-39-56(40-43-65)57-41-48-78-72(51-57)73-52-58-49-50-83(63-31-15-5-16-32-63)79(58)55-80(73)85(78)64-33-17-6-18-34-64/h1-55H. The van der Waals surface area contributed by atoms with E-state index in [0.29, 0.717) is 0 Å². The molecule has 0 bridgehead atoms. The van der Waals surface area contributed by atoms with Crippen LogP contribution in [0.3, 0.4) is 0 Å². The van der Waals surface area contributed by atoms with Crippen LogP contribution in [-0.4, -0.2) is 9.13 Å². The minimum absolute atomic E-state index is 0.574. The highest BCUT2D eigenvalue weighted by molar-refractivity contribution is 6.14. The number of rotatable bonds is 10. The molecule has 0 spiro atoms. The molecule has 0 N–H and O–H groups in total. The summed E-state index contributed by atoms with van der Waals surface area (Å²) in [5.41, 5.74) is 25.3. The normalized spacial score (nSPS) is 13.4. The first-order valence-electron chi connectivity index (χ1n) is 29.5. The number of nitrogens with zero attached hydrogens (tertiary/aromatic N) is 3. The Morgan fingerprint density at radius 1 is 0.259 bits per heavy atom. The molecule has 0 radical (unpaired) electrons. The summed E-state index contributed by atoms with van der Waals surface area (Å²) in [6, 6.07) is 122. The largest absolute Gasteiger partial charge is 0.316 e. The van der Waals surface area contributed by atoms with Gasteiger partial charge in [-0.15, -0.1) is 0 Å². The number of benzene rings is 13. The average Bonchev–Trinajstić information content (AvgIpc) is 2.02. The van der Waals surface area contributed by atoms with Gasteiger partial charge in [-0.2, -0.15) is 0 Å². The summed E-state index contributed by atoms with van der Waals surface area (Å²) in [7, 11) is 0. The van der Waals surface area contributed by atoms with Gasteiger partial charge in [0.15, 0.2) is 0 Å². The van der Waals surface area contributed by atoms with Crippen LogP contribution in [0.2, 0.25) is 0 Å². The smallest absolute Gasteiger partial charge is 0.0714 e. The molecular weight excluding hydrogens is 1030 g/mol. The summed E-state index contributed by atoms with van der Waals surface area (Å²) in [5.74, 6) is 0. The Bertz CT molecular complexity index is 4760. The number of aromatic nitrogens is 2. The Morgan fingerprint density at radius 3 is 1.18 bits per heavy atom. The van der Waals surface area contributed by atoms with E-state index in [2.05, 4.69) is 348 Å². The summed E-state index contributed by atoms with van der Waals surface area (Å²) in [5, 5.41) is 3.65. The van der Waals surface area contributed by atoms with E-state index < -0.39 is 10.8 Å². The Kier molecular flexibility index (Phi) is 11.1. The highest BCUT2D eigenvalue weighted by Gasteiger charge is 2.48. The molecular formula is C82H55N3. The molecule has 0 saturated heterocycles. The first kappa shape index (κ1) is 48.7. The lowest BCUT2D eigenvalue weighted by molar-refractivity contribution is 0.767. The molecule has 0 amide bonds. The fourth-order valence-corrected chi connectivity index (χ4v) is 14.9. The van der Waals surface area contributed by atoms with Crippen LogP contribution in [0.4, 0.5) is 17.1 Å². The Hall–Kier alpha value is -11.0. The van der Waals surface area contributed by atoms with Crippen molar-refractivity contribution < 1.29 is 0 Å². The van der Waals surface area contributed by atoms with E-state index in [4.69, 9.17) is 0 Å². The van der Waals surface area contributed by atoms with Gasteiger partial charge >= 0.3 is 0 Å². The van der Waals surface area contributed by atoms with E-state index in [1.165, 1.54) is 99.5 Å². The van der Waals surface area contributed by atoms with Crippen molar-refractivity contribution in [2.45, 2.75) is 10.8 Å². The summed E-state index contributed by atoms with van der Waals surface area (Å²) >= 11 is 0. The maximum atomic E-state index is 2.50. The van der Waals surface area contributed by atoms with Gasteiger partial charge in [-0.3, -0.25) is 0 Å². The molecule has 13 aromatic carbocycles. The monoisotopic (exact) mass is 1080 g/mol. The van der Waals surface area contributed by atoms with Crippen molar-refractivity contribution in [3.05, 3.63) is 378 Å². The number of hydrogen-bond acceptors (Lipinski definition) is 1. The molecule has 17 rings (SSSR count). The zero-order chi connectivity index (χ0) is 56.1.